The molecule has 2 rings (SSSR count). The molecular weight excluding hydrogens is 290 g/mol. The monoisotopic (exact) mass is 306 g/mol. The molecule has 3 N–H and O–H groups in total. The Morgan fingerprint density at radius 3 is 2.75 bits per heavy atom. The van der Waals surface area contributed by atoms with Gasteiger partial charge in [0.05, 0.1) is 6.10 Å². The summed E-state index contributed by atoms with van der Waals surface area (Å²) in [6.07, 6.45) is 0.745. The van der Waals surface area contributed by atoms with Crippen molar-refractivity contribution in [1.29, 1.82) is 0 Å². The largest absolute Gasteiger partial charge is 0.364 e. The molecular formula is C13H17ClF2N2O2. The van der Waals surface area contributed by atoms with Gasteiger partial charge in [0.1, 0.15) is 17.7 Å². The number of carbonyl (C=O) groups excluding carboxylic acids is 1. The third-order valence-electron chi connectivity index (χ3n) is 3.13. The van der Waals surface area contributed by atoms with Crippen LogP contribution < -0.4 is 11.1 Å². The molecule has 1 heterocycles. The Morgan fingerprint density at radius 2 is 2.15 bits per heavy atom. The molecule has 1 aliphatic rings. The quantitative estimate of drug-likeness (QED) is 0.886. The second-order valence-electron chi connectivity index (χ2n) is 4.51. The third-order valence-corrected chi connectivity index (χ3v) is 3.13. The number of rotatable bonds is 4. The van der Waals surface area contributed by atoms with Crippen molar-refractivity contribution in [2.24, 2.45) is 5.73 Å². The van der Waals surface area contributed by atoms with Crippen molar-refractivity contribution in [2.45, 2.75) is 31.6 Å². The molecule has 0 unspecified atom stereocenters. The molecule has 1 aromatic carbocycles. The van der Waals surface area contributed by atoms with E-state index in [1.54, 1.807) is 0 Å². The maximum Gasteiger partial charge on any atom is 0.249 e. The number of hydrogen-bond donors (Lipinski definition) is 2. The molecule has 1 fully saturated rings. The number of amides is 1. The predicted molar refractivity (Wildman–Crippen MR) is 72.4 cm³/mol. The average molecular weight is 307 g/mol. The summed E-state index contributed by atoms with van der Waals surface area (Å²) in [5, 5.41) is 2.58. The topological polar surface area (TPSA) is 64.4 Å². The summed E-state index contributed by atoms with van der Waals surface area (Å²) in [6.45, 7) is 0.397. The lowest BCUT2D eigenvalue weighted by molar-refractivity contribution is -0.132. The first kappa shape index (κ1) is 16.8. The van der Waals surface area contributed by atoms with Crippen LogP contribution in [0.5, 0.6) is 0 Å². The van der Waals surface area contributed by atoms with Gasteiger partial charge in [-0.1, -0.05) is 6.07 Å². The van der Waals surface area contributed by atoms with Gasteiger partial charge < -0.3 is 15.8 Å². The molecule has 1 amide bonds. The van der Waals surface area contributed by atoms with E-state index in [0.717, 1.165) is 18.6 Å². The number of halogens is 3. The normalized spacial score (nSPS) is 21.4. The van der Waals surface area contributed by atoms with Gasteiger partial charge in [0.25, 0.3) is 0 Å². The van der Waals surface area contributed by atoms with Gasteiger partial charge in [-0.05, 0) is 18.9 Å². The smallest absolute Gasteiger partial charge is 0.249 e. The van der Waals surface area contributed by atoms with E-state index in [9.17, 15) is 13.6 Å². The van der Waals surface area contributed by atoms with Crippen molar-refractivity contribution in [1.82, 2.24) is 5.32 Å². The summed E-state index contributed by atoms with van der Waals surface area (Å²) >= 11 is 0. The van der Waals surface area contributed by atoms with Crippen LogP contribution in [0, 0.1) is 11.6 Å². The second kappa shape index (κ2) is 7.52. The van der Waals surface area contributed by atoms with Crippen LogP contribution in [0.3, 0.4) is 0 Å². The molecule has 4 nitrogen and oxygen atoms in total. The molecule has 1 saturated heterocycles. The van der Waals surface area contributed by atoms with Gasteiger partial charge in [0.2, 0.25) is 5.91 Å². The van der Waals surface area contributed by atoms with Gasteiger partial charge in [-0.15, -0.1) is 12.4 Å². The summed E-state index contributed by atoms with van der Waals surface area (Å²) in [5.41, 5.74) is 5.69. The fourth-order valence-corrected chi connectivity index (χ4v) is 2.03. The Kier molecular flexibility index (Phi) is 6.32. The number of hydrogen-bond acceptors (Lipinski definition) is 3. The van der Waals surface area contributed by atoms with Crippen LogP contribution in [0.25, 0.3) is 0 Å². The molecule has 2 atom stereocenters. The van der Waals surface area contributed by atoms with Crippen LogP contribution in [0.1, 0.15) is 18.4 Å². The van der Waals surface area contributed by atoms with Crippen LogP contribution >= 0.6 is 12.4 Å². The molecule has 1 aromatic rings. The van der Waals surface area contributed by atoms with E-state index >= 15 is 0 Å². The first-order chi connectivity index (χ1) is 9.10. The molecule has 0 saturated carbocycles. The van der Waals surface area contributed by atoms with Gasteiger partial charge in [0, 0.05) is 24.7 Å². The van der Waals surface area contributed by atoms with Crippen molar-refractivity contribution in [3.05, 3.63) is 35.4 Å². The summed E-state index contributed by atoms with van der Waals surface area (Å²) < 4.78 is 31.5. The maximum atomic E-state index is 13.4. The van der Waals surface area contributed by atoms with Crippen molar-refractivity contribution in [3.63, 3.8) is 0 Å². The minimum absolute atomic E-state index is 0. The van der Waals surface area contributed by atoms with Crippen LogP contribution in [0.2, 0.25) is 0 Å². The zero-order valence-corrected chi connectivity index (χ0v) is 11.6. The zero-order valence-electron chi connectivity index (χ0n) is 10.8. The Bertz CT molecular complexity index is 474. The van der Waals surface area contributed by atoms with E-state index in [1.165, 1.54) is 6.07 Å². The van der Waals surface area contributed by atoms with E-state index in [-0.39, 0.29) is 36.5 Å². The predicted octanol–water partition coefficient (Wildman–Crippen LogP) is 1.51. The van der Waals surface area contributed by atoms with Gasteiger partial charge in [-0.25, -0.2) is 8.78 Å². The highest BCUT2D eigenvalue weighted by molar-refractivity contribution is 5.85. The number of carbonyl (C=O) groups is 1. The number of nitrogens with two attached hydrogens (primary N) is 1. The van der Waals surface area contributed by atoms with Gasteiger partial charge >= 0.3 is 0 Å². The molecule has 7 heteroatoms. The Balaban J connectivity index is 0.00000200. The van der Waals surface area contributed by atoms with Crippen LogP contribution in [0.4, 0.5) is 8.78 Å². The molecule has 112 valence electrons. The van der Waals surface area contributed by atoms with Gasteiger partial charge in [0.15, 0.2) is 0 Å². The molecule has 0 radical (unpaired) electrons. The van der Waals surface area contributed by atoms with E-state index < -0.39 is 17.7 Å². The Morgan fingerprint density at radius 1 is 1.40 bits per heavy atom. The highest BCUT2D eigenvalue weighted by Gasteiger charge is 2.29. The second-order valence-corrected chi connectivity index (χ2v) is 4.51. The summed E-state index contributed by atoms with van der Waals surface area (Å²) in [7, 11) is 0. The first-order valence-electron chi connectivity index (χ1n) is 6.17. The minimum Gasteiger partial charge on any atom is -0.364 e. The lowest BCUT2D eigenvalue weighted by Gasteiger charge is -2.13. The Labute approximate surface area is 122 Å². The van der Waals surface area contributed by atoms with Crippen molar-refractivity contribution in [3.8, 4) is 0 Å². The van der Waals surface area contributed by atoms with Gasteiger partial charge in [-0.3, -0.25) is 4.79 Å². The number of benzene rings is 1. The average Bonchev–Trinajstić information content (AvgIpc) is 2.86. The van der Waals surface area contributed by atoms with Crippen molar-refractivity contribution >= 4 is 18.3 Å². The fourth-order valence-electron chi connectivity index (χ4n) is 2.03. The molecule has 0 aliphatic carbocycles. The molecule has 20 heavy (non-hydrogen) atoms. The molecule has 1 aliphatic heterocycles. The highest BCUT2D eigenvalue weighted by Crippen LogP contribution is 2.19. The molecule has 0 spiro atoms. The van der Waals surface area contributed by atoms with E-state index in [2.05, 4.69) is 5.32 Å². The van der Waals surface area contributed by atoms with E-state index in [4.69, 9.17) is 10.5 Å². The van der Waals surface area contributed by atoms with Crippen LogP contribution in [0.15, 0.2) is 18.2 Å². The fraction of sp³-hybridized carbons (Fsp3) is 0.462. The third kappa shape index (κ3) is 4.13. The highest BCUT2D eigenvalue weighted by atomic mass is 35.5. The molecule has 0 bridgehead atoms. The summed E-state index contributed by atoms with van der Waals surface area (Å²) in [4.78, 5) is 11.8. The van der Waals surface area contributed by atoms with Crippen molar-refractivity contribution < 1.29 is 18.3 Å². The number of ether oxygens (including phenoxy) is 1. The lowest BCUT2D eigenvalue weighted by Crippen LogP contribution is -2.35. The van der Waals surface area contributed by atoms with Crippen LogP contribution in [-0.2, 0) is 16.1 Å². The molecule has 0 aromatic heterocycles. The first-order valence-corrected chi connectivity index (χ1v) is 6.17. The maximum absolute atomic E-state index is 13.4. The summed E-state index contributed by atoms with van der Waals surface area (Å²) in [5.74, 6) is -1.61. The summed E-state index contributed by atoms with van der Waals surface area (Å²) in [6, 6.07) is 3.25. The van der Waals surface area contributed by atoms with E-state index in [0.29, 0.717) is 13.0 Å². The number of nitrogens with one attached hydrogen (secondary N) is 1. The van der Waals surface area contributed by atoms with E-state index in [1.807, 2.05) is 0 Å². The van der Waals surface area contributed by atoms with Gasteiger partial charge in [-0.2, -0.15) is 0 Å². The minimum atomic E-state index is -0.674. The zero-order chi connectivity index (χ0) is 13.8. The standard InChI is InChI=1S/C13H16F2N2O2.ClH/c14-9-2-1-8(11(15)5-9)7-17-13(18)12-4-3-10(6-16)19-12;/h1-2,5,10,12H,3-4,6-7,16H2,(H,17,18);1H/t10-,12+;/m1./s1. The Hall–Kier alpha value is -1.24. The van der Waals surface area contributed by atoms with Crippen molar-refractivity contribution in [2.75, 3.05) is 6.54 Å². The van der Waals surface area contributed by atoms with Crippen LogP contribution in [-0.4, -0.2) is 24.7 Å². The lowest BCUT2D eigenvalue weighted by atomic mass is 10.1. The SMILES string of the molecule is Cl.NC[C@H]1CC[C@@H](C(=O)NCc2ccc(F)cc2F)O1.